The van der Waals surface area contributed by atoms with Crippen molar-refractivity contribution in [2.24, 2.45) is 5.73 Å². The summed E-state index contributed by atoms with van der Waals surface area (Å²) in [5, 5.41) is 0. The van der Waals surface area contributed by atoms with Gasteiger partial charge in [-0.05, 0) is 48.4 Å². The summed E-state index contributed by atoms with van der Waals surface area (Å²) in [6, 6.07) is 14.6. The largest absolute Gasteiger partial charge is 0.466 e. The summed E-state index contributed by atoms with van der Waals surface area (Å²) in [4.78, 5) is 39.7. The number of aromatic nitrogens is 1. The summed E-state index contributed by atoms with van der Waals surface area (Å²) in [6.07, 6.45) is 1.71. The highest BCUT2D eigenvalue weighted by Crippen LogP contribution is 2.38. The van der Waals surface area contributed by atoms with Gasteiger partial charge in [0.2, 0.25) is 0 Å². The summed E-state index contributed by atoms with van der Waals surface area (Å²) < 4.78 is 14.0. The van der Waals surface area contributed by atoms with Crippen LogP contribution in [0.5, 0.6) is 0 Å². The molecule has 3 aromatic rings. The Balaban J connectivity index is 2.10. The Morgan fingerprint density at radius 1 is 1.03 bits per heavy atom. The van der Waals surface area contributed by atoms with E-state index in [9.17, 15) is 14.4 Å². The molecular formula is C25H20Br2N2O5S. The van der Waals surface area contributed by atoms with Crippen LogP contribution in [-0.2, 0) is 19.1 Å². The Morgan fingerprint density at radius 2 is 1.63 bits per heavy atom. The average Bonchev–Trinajstić information content (AvgIpc) is 3.16. The smallest absolute Gasteiger partial charge is 0.338 e. The van der Waals surface area contributed by atoms with E-state index in [1.54, 1.807) is 37.3 Å². The molecule has 0 saturated heterocycles. The van der Waals surface area contributed by atoms with Gasteiger partial charge < -0.3 is 15.2 Å². The summed E-state index contributed by atoms with van der Waals surface area (Å²) in [5.74, 6) is -2.33. The normalized spacial score (nSPS) is 15.7. The van der Waals surface area contributed by atoms with Crippen molar-refractivity contribution in [3.8, 4) is 0 Å². The topological polar surface area (TPSA) is 101 Å². The number of ether oxygens (including phenoxy) is 2. The van der Waals surface area contributed by atoms with Gasteiger partial charge in [0.25, 0.3) is 5.56 Å². The van der Waals surface area contributed by atoms with Gasteiger partial charge in [-0.25, -0.2) is 9.59 Å². The van der Waals surface area contributed by atoms with Crippen molar-refractivity contribution in [2.45, 2.75) is 12.8 Å². The van der Waals surface area contributed by atoms with Crippen molar-refractivity contribution in [2.75, 3.05) is 13.7 Å². The van der Waals surface area contributed by atoms with Gasteiger partial charge in [0.05, 0.1) is 35.3 Å². The maximum Gasteiger partial charge on any atom is 0.338 e. The molecule has 7 nitrogen and oxygen atoms in total. The van der Waals surface area contributed by atoms with Crippen molar-refractivity contribution in [1.29, 1.82) is 0 Å². The molecule has 180 valence electrons. The van der Waals surface area contributed by atoms with E-state index in [4.69, 9.17) is 15.2 Å². The van der Waals surface area contributed by atoms with Crippen LogP contribution in [0.25, 0.3) is 17.5 Å². The zero-order chi connectivity index (χ0) is 25.3. The molecule has 1 aliphatic rings. The molecule has 35 heavy (non-hydrogen) atoms. The first kappa shape index (κ1) is 25.2. The van der Waals surface area contributed by atoms with E-state index in [2.05, 4.69) is 31.9 Å². The number of rotatable bonds is 5. The Labute approximate surface area is 221 Å². The van der Waals surface area contributed by atoms with E-state index < -0.39 is 23.4 Å². The zero-order valence-corrected chi connectivity index (χ0v) is 22.7. The number of fused-ring (bicyclic) bond motifs is 1. The molecular weight excluding hydrogens is 600 g/mol. The SMILES string of the molecule is CCOC(=O)C1=C(N)n2c(s/c(=C/c3ccc(Br)cc3)c2=O)=C(C(=O)OC)[C@H]1c1ccc(Br)cc1. The lowest BCUT2D eigenvalue weighted by Gasteiger charge is -2.26. The fourth-order valence-corrected chi connectivity index (χ4v) is 5.56. The lowest BCUT2D eigenvalue weighted by molar-refractivity contribution is -0.138. The number of nitrogens with zero attached hydrogens (tertiary/aromatic N) is 1. The molecule has 0 unspecified atom stereocenters. The summed E-state index contributed by atoms with van der Waals surface area (Å²) >= 11 is 7.92. The van der Waals surface area contributed by atoms with Gasteiger partial charge in [0, 0.05) is 8.95 Å². The van der Waals surface area contributed by atoms with Crippen LogP contribution in [0.4, 0.5) is 0 Å². The fourth-order valence-electron chi connectivity index (χ4n) is 3.86. The maximum absolute atomic E-state index is 13.5. The van der Waals surface area contributed by atoms with Crippen LogP contribution in [0.3, 0.4) is 0 Å². The minimum absolute atomic E-state index is 0.0113. The van der Waals surface area contributed by atoms with E-state index in [-0.39, 0.29) is 23.6 Å². The van der Waals surface area contributed by atoms with Gasteiger partial charge in [-0.2, -0.15) is 0 Å². The number of hydrogen-bond donors (Lipinski definition) is 1. The van der Waals surface area contributed by atoms with Crippen LogP contribution in [0.15, 0.2) is 67.8 Å². The molecule has 0 spiro atoms. The standard InChI is InChI=1S/C25H20Br2N2O5S/c1-3-34-25(32)19-18(14-6-10-16(27)11-7-14)20(24(31)33-2)23-29(21(19)28)22(30)17(35-23)12-13-4-8-15(26)9-5-13/h4-12,18H,3,28H2,1-2H3/b17-12+/t18-/m0/s1. The van der Waals surface area contributed by atoms with Crippen molar-refractivity contribution >= 4 is 72.6 Å². The van der Waals surface area contributed by atoms with E-state index >= 15 is 0 Å². The van der Waals surface area contributed by atoms with Crippen molar-refractivity contribution in [3.05, 3.63) is 93.7 Å². The predicted molar refractivity (Wildman–Crippen MR) is 142 cm³/mol. The van der Waals surface area contributed by atoms with Gasteiger partial charge in [0.15, 0.2) is 0 Å². The number of carbonyl (C=O) groups excluding carboxylic acids is 2. The van der Waals surface area contributed by atoms with Crippen LogP contribution >= 0.6 is 43.2 Å². The Bertz CT molecular complexity index is 1520. The van der Waals surface area contributed by atoms with Crippen LogP contribution in [-0.4, -0.2) is 30.2 Å². The fraction of sp³-hybridized carbons (Fsp3) is 0.160. The Kier molecular flexibility index (Phi) is 7.44. The first-order chi connectivity index (χ1) is 16.8. The third kappa shape index (κ3) is 4.78. The number of esters is 2. The van der Waals surface area contributed by atoms with Crippen molar-refractivity contribution in [1.82, 2.24) is 4.57 Å². The minimum atomic E-state index is -0.881. The molecule has 10 heteroatoms. The van der Waals surface area contributed by atoms with Crippen LogP contribution < -0.4 is 20.5 Å². The second kappa shape index (κ2) is 10.3. The van der Waals surface area contributed by atoms with Gasteiger partial charge in [-0.1, -0.05) is 56.1 Å². The molecule has 2 heterocycles. The lowest BCUT2D eigenvalue weighted by Crippen LogP contribution is -2.41. The second-order valence-corrected chi connectivity index (χ2v) is 10.4. The number of nitrogens with two attached hydrogens (primary N) is 1. The monoisotopic (exact) mass is 618 g/mol. The Hall–Kier alpha value is -2.95. The minimum Gasteiger partial charge on any atom is -0.466 e. The average molecular weight is 620 g/mol. The number of carbonyl (C=O) groups is 2. The first-order valence-corrected chi connectivity index (χ1v) is 12.9. The number of hydrogen-bond acceptors (Lipinski definition) is 7. The second-order valence-electron chi connectivity index (χ2n) is 7.52. The maximum atomic E-state index is 13.5. The van der Waals surface area contributed by atoms with E-state index in [1.807, 2.05) is 24.3 Å². The van der Waals surface area contributed by atoms with Crippen molar-refractivity contribution < 1.29 is 19.1 Å². The van der Waals surface area contributed by atoms with Crippen LogP contribution in [0.1, 0.15) is 24.0 Å². The summed E-state index contributed by atoms with van der Waals surface area (Å²) in [5.41, 5.74) is 7.60. The van der Waals surface area contributed by atoms with E-state index in [1.165, 1.54) is 11.7 Å². The highest BCUT2D eigenvalue weighted by Gasteiger charge is 2.39. The third-order valence-electron chi connectivity index (χ3n) is 5.42. The third-order valence-corrected chi connectivity index (χ3v) is 7.59. The summed E-state index contributed by atoms with van der Waals surface area (Å²) in [7, 11) is 1.25. The highest BCUT2D eigenvalue weighted by molar-refractivity contribution is 9.10. The molecule has 0 fully saturated rings. The first-order valence-electron chi connectivity index (χ1n) is 10.5. The van der Waals surface area contributed by atoms with Crippen molar-refractivity contribution in [3.63, 3.8) is 0 Å². The molecule has 2 N–H and O–H groups in total. The molecule has 0 aliphatic carbocycles. The molecule has 2 aromatic carbocycles. The quantitative estimate of drug-likeness (QED) is 0.441. The van der Waals surface area contributed by atoms with E-state index in [0.29, 0.717) is 14.8 Å². The highest BCUT2D eigenvalue weighted by atomic mass is 79.9. The molecule has 0 bridgehead atoms. The Morgan fingerprint density at radius 3 is 2.20 bits per heavy atom. The number of thiazole rings is 1. The number of methoxy groups -OCH3 is 1. The molecule has 4 rings (SSSR count). The van der Waals surface area contributed by atoms with Gasteiger partial charge in [-0.3, -0.25) is 9.36 Å². The lowest BCUT2D eigenvalue weighted by atomic mass is 9.83. The predicted octanol–water partition coefficient (Wildman–Crippen LogP) is 3.08. The zero-order valence-electron chi connectivity index (χ0n) is 18.7. The molecule has 0 saturated carbocycles. The number of benzene rings is 2. The van der Waals surface area contributed by atoms with Gasteiger partial charge in [0.1, 0.15) is 10.5 Å². The molecule has 0 amide bonds. The van der Waals surface area contributed by atoms with Gasteiger partial charge in [-0.15, -0.1) is 11.3 Å². The van der Waals surface area contributed by atoms with Crippen LogP contribution in [0, 0.1) is 0 Å². The van der Waals surface area contributed by atoms with E-state index in [0.717, 1.165) is 25.8 Å². The summed E-state index contributed by atoms with van der Waals surface area (Å²) in [6.45, 7) is 1.77. The molecule has 1 aromatic heterocycles. The van der Waals surface area contributed by atoms with Gasteiger partial charge >= 0.3 is 11.9 Å². The van der Waals surface area contributed by atoms with Crippen LogP contribution in [0.2, 0.25) is 0 Å². The molecule has 1 aliphatic heterocycles. The molecule has 0 radical (unpaired) electrons. The molecule has 1 atom stereocenters. The number of halogens is 2.